The Labute approximate surface area is 227 Å². The number of anilines is 3. The molecule has 0 saturated carbocycles. The van der Waals surface area contributed by atoms with Crippen LogP contribution in [0.2, 0.25) is 0 Å². The van der Waals surface area contributed by atoms with Crippen LogP contribution in [0.3, 0.4) is 0 Å². The Kier molecular flexibility index (Phi) is 8.61. The van der Waals surface area contributed by atoms with E-state index in [2.05, 4.69) is 25.5 Å². The highest BCUT2D eigenvalue weighted by molar-refractivity contribution is 6.10. The number of pyridine rings is 2. The van der Waals surface area contributed by atoms with Crippen molar-refractivity contribution in [3.8, 4) is 5.75 Å². The molecule has 2 aliphatic heterocycles. The number of aromatic nitrogens is 2. The molecule has 3 aromatic rings. The normalized spacial score (nSPS) is 14.8. The number of nitrogens with zero attached hydrogens (tertiary/aromatic N) is 4. The van der Waals surface area contributed by atoms with Crippen LogP contribution in [0.1, 0.15) is 26.4 Å². The topological polar surface area (TPSA) is 118 Å². The van der Waals surface area contributed by atoms with Gasteiger partial charge in [0.15, 0.2) is 0 Å². The highest BCUT2D eigenvalue weighted by Gasteiger charge is 2.30. The molecule has 2 amide bonds. The van der Waals surface area contributed by atoms with E-state index in [-0.39, 0.29) is 17.5 Å². The molecular formula is C28H32N6O5. The van der Waals surface area contributed by atoms with Gasteiger partial charge in [-0.3, -0.25) is 19.5 Å². The quantitative estimate of drug-likeness (QED) is 0.359. The number of piperazine rings is 1. The van der Waals surface area contributed by atoms with E-state index in [0.29, 0.717) is 55.8 Å². The van der Waals surface area contributed by atoms with E-state index in [9.17, 15) is 9.59 Å². The Hall–Kier alpha value is -4.06. The lowest BCUT2D eigenvalue weighted by atomic mass is 10.1. The van der Waals surface area contributed by atoms with E-state index in [1.54, 1.807) is 48.7 Å². The number of carbonyl (C=O) groups is 2. The average molecular weight is 533 g/mol. The fraction of sp³-hybridized carbons (Fsp3) is 0.357. The monoisotopic (exact) mass is 532 g/mol. The Morgan fingerprint density at radius 1 is 1.08 bits per heavy atom. The average Bonchev–Trinajstić information content (AvgIpc) is 3.31. The second-order valence-corrected chi connectivity index (χ2v) is 9.13. The highest BCUT2D eigenvalue weighted by atomic mass is 16.5. The summed E-state index contributed by atoms with van der Waals surface area (Å²) in [4.78, 5) is 38.9. The Balaban J connectivity index is 1.24. The molecule has 2 N–H and O–H groups in total. The van der Waals surface area contributed by atoms with Gasteiger partial charge in [0, 0.05) is 45.0 Å². The molecule has 2 aromatic heterocycles. The number of rotatable bonds is 11. The first-order valence-electron chi connectivity index (χ1n) is 13.0. The summed E-state index contributed by atoms with van der Waals surface area (Å²) in [5, 5.41) is 6.28. The number of amides is 2. The van der Waals surface area contributed by atoms with Gasteiger partial charge in [0.2, 0.25) is 0 Å². The summed E-state index contributed by atoms with van der Waals surface area (Å²) in [5.74, 6) is 0.447. The van der Waals surface area contributed by atoms with Gasteiger partial charge in [0.1, 0.15) is 23.9 Å². The van der Waals surface area contributed by atoms with E-state index in [1.807, 2.05) is 18.2 Å². The van der Waals surface area contributed by atoms with Gasteiger partial charge in [0.25, 0.3) is 11.8 Å². The summed E-state index contributed by atoms with van der Waals surface area (Å²) < 4.78 is 16.1. The summed E-state index contributed by atoms with van der Waals surface area (Å²) >= 11 is 0. The van der Waals surface area contributed by atoms with Crippen LogP contribution >= 0.6 is 0 Å². The zero-order chi connectivity index (χ0) is 27.0. The minimum Gasteiger partial charge on any atom is -0.491 e. The van der Waals surface area contributed by atoms with Gasteiger partial charge in [-0.15, -0.1) is 0 Å². The van der Waals surface area contributed by atoms with Crippen LogP contribution in [0.25, 0.3) is 0 Å². The van der Waals surface area contributed by atoms with Crippen molar-refractivity contribution in [1.29, 1.82) is 0 Å². The number of hydrogen-bond donors (Lipinski definition) is 2. The predicted molar refractivity (Wildman–Crippen MR) is 147 cm³/mol. The van der Waals surface area contributed by atoms with Crippen molar-refractivity contribution in [2.45, 2.75) is 6.54 Å². The van der Waals surface area contributed by atoms with Crippen molar-refractivity contribution < 1.29 is 23.8 Å². The Morgan fingerprint density at radius 3 is 2.77 bits per heavy atom. The number of carbonyl (C=O) groups excluding carboxylic acids is 2. The van der Waals surface area contributed by atoms with E-state index in [0.717, 1.165) is 37.4 Å². The van der Waals surface area contributed by atoms with Gasteiger partial charge in [-0.1, -0.05) is 12.1 Å². The van der Waals surface area contributed by atoms with Crippen molar-refractivity contribution >= 4 is 29.0 Å². The summed E-state index contributed by atoms with van der Waals surface area (Å²) in [6.07, 6.45) is 3.36. The number of benzene rings is 1. The molecule has 1 fully saturated rings. The first kappa shape index (κ1) is 26.5. The molecule has 39 heavy (non-hydrogen) atoms. The van der Waals surface area contributed by atoms with Crippen molar-refractivity contribution in [2.24, 2.45) is 0 Å². The molecule has 0 spiro atoms. The zero-order valence-corrected chi connectivity index (χ0v) is 21.9. The van der Waals surface area contributed by atoms with Crippen LogP contribution in [-0.4, -0.2) is 81.5 Å². The zero-order valence-electron chi connectivity index (χ0n) is 21.9. The molecule has 11 heteroatoms. The minimum atomic E-state index is -0.367. The maximum atomic E-state index is 13.3. The maximum Gasteiger partial charge on any atom is 0.274 e. The highest BCUT2D eigenvalue weighted by Crippen LogP contribution is 2.30. The Morgan fingerprint density at radius 2 is 1.92 bits per heavy atom. The third-order valence-electron chi connectivity index (χ3n) is 6.56. The van der Waals surface area contributed by atoms with Crippen molar-refractivity contribution in [3.63, 3.8) is 0 Å². The summed E-state index contributed by atoms with van der Waals surface area (Å²) in [5.41, 5.74) is 3.18. The fourth-order valence-corrected chi connectivity index (χ4v) is 4.57. The van der Waals surface area contributed by atoms with E-state index in [1.165, 1.54) is 0 Å². The molecule has 1 aromatic carbocycles. The van der Waals surface area contributed by atoms with Crippen LogP contribution in [0.4, 0.5) is 17.2 Å². The molecular weight excluding hydrogens is 500 g/mol. The molecule has 204 valence electrons. The molecule has 5 rings (SSSR count). The summed E-state index contributed by atoms with van der Waals surface area (Å²) in [7, 11) is 1.62. The number of hydrogen-bond acceptors (Lipinski definition) is 9. The number of nitrogens with one attached hydrogen (secondary N) is 2. The van der Waals surface area contributed by atoms with Crippen LogP contribution in [0.5, 0.6) is 5.75 Å². The molecule has 0 atom stereocenters. The van der Waals surface area contributed by atoms with Crippen molar-refractivity contribution in [3.05, 3.63) is 71.7 Å². The third kappa shape index (κ3) is 6.33. The van der Waals surface area contributed by atoms with Gasteiger partial charge in [-0.2, -0.15) is 0 Å². The van der Waals surface area contributed by atoms with E-state index >= 15 is 0 Å². The minimum absolute atomic E-state index is 0.190. The van der Waals surface area contributed by atoms with Crippen molar-refractivity contribution in [2.75, 3.05) is 74.8 Å². The molecule has 0 radical (unpaired) electrons. The van der Waals surface area contributed by atoms with Gasteiger partial charge in [-0.05, 0) is 35.9 Å². The standard InChI is InChI=1S/C28H32N6O5/c1-37-13-14-38-15-16-39-21-6-5-20-19-34(28(36)22(20)17-21)26-4-2-3-23(31-26)27(35)32-24-18-30-8-7-25(24)33-11-9-29-10-12-33/h2-8,17-18,29H,9-16,19H2,1H3,(H,32,35). The lowest BCUT2D eigenvalue weighted by Crippen LogP contribution is -2.43. The third-order valence-corrected chi connectivity index (χ3v) is 6.56. The van der Waals surface area contributed by atoms with Crippen LogP contribution in [0.15, 0.2) is 54.9 Å². The van der Waals surface area contributed by atoms with Gasteiger partial charge < -0.3 is 29.7 Å². The van der Waals surface area contributed by atoms with Crippen molar-refractivity contribution in [1.82, 2.24) is 15.3 Å². The number of methoxy groups -OCH3 is 1. The second-order valence-electron chi connectivity index (χ2n) is 9.13. The SMILES string of the molecule is COCCOCCOc1ccc2c(c1)C(=O)N(c1cccc(C(=O)Nc3cnccc3N3CCNCC3)n1)C2. The van der Waals surface area contributed by atoms with Crippen LogP contribution in [-0.2, 0) is 16.0 Å². The first-order chi connectivity index (χ1) is 19.1. The largest absolute Gasteiger partial charge is 0.491 e. The molecule has 2 aliphatic rings. The molecule has 0 unspecified atom stereocenters. The summed E-state index contributed by atoms with van der Waals surface area (Å²) in [6, 6.07) is 12.4. The van der Waals surface area contributed by atoms with E-state index in [4.69, 9.17) is 14.2 Å². The molecule has 11 nitrogen and oxygen atoms in total. The molecule has 1 saturated heterocycles. The number of fused-ring (bicyclic) bond motifs is 1. The lowest BCUT2D eigenvalue weighted by Gasteiger charge is -2.30. The van der Waals surface area contributed by atoms with Gasteiger partial charge >= 0.3 is 0 Å². The Bertz CT molecular complexity index is 1310. The second kappa shape index (κ2) is 12.7. The van der Waals surface area contributed by atoms with Gasteiger partial charge in [0.05, 0.1) is 43.9 Å². The lowest BCUT2D eigenvalue weighted by molar-refractivity contribution is 0.0544. The smallest absolute Gasteiger partial charge is 0.274 e. The van der Waals surface area contributed by atoms with Gasteiger partial charge in [-0.25, -0.2) is 4.98 Å². The maximum absolute atomic E-state index is 13.3. The summed E-state index contributed by atoms with van der Waals surface area (Å²) in [6.45, 7) is 5.62. The number of ether oxygens (including phenoxy) is 3. The molecule has 0 aliphatic carbocycles. The fourth-order valence-electron chi connectivity index (χ4n) is 4.57. The molecule has 4 heterocycles. The first-order valence-corrected chi connectivity index (χ1v) is 13.0. The van der Waals surface area contributed by atoms with E-state index < -0.39 is 0 Å². The van der Waals surface area contributed by atoms with Crippen LogP contribution < -0.4 is 25.2 Å². The predicted octanol–water partition coefficient (Wildman–Crippen LogP) is 2.34. The van der Waals surface area contributed by atoms with Crippen LogP contribution in [0, 0.1) is 0 Å². The molecule has 0 bridgehead atoms.